The van der Waals surface area contributed by atoms with E-state index in [9.17, 15) is 4.79 Å². The van der Waals surface area contributed by atoms with Gasteiger partial charge in [0.05, 0.1) is 4.91 Å². The van der Waals surface area contributed by atoms with Gasteiger partial charge >= 0.3 is 0 Å². The summed E-state index contributed by atoms with van der Waals surface area (Å²) in [7, 11) is 0. The van der Waals surface area contributed by atoms with Crippen molar-refractivity contribution >= 4 is 40.3 Å². The maximum absolute atomic E-state index is 11.7. The largest absolute Gasteiger partial charge is 0.317 e. The molecule has 2 heterocycles. The highest BCUT2D eigenvalue weighted by molar-refractivity contribution is 8.26. The van der Waals surface area contributed by atoms with Crippen LogP contribution in [0.2, 0.25) is 0 Å². The van der Waals surface area contributed by atoms with Crippen LogP contribution in [0, 0.1) is 0 Å². The number of hydrogen-bond donors (Lipinski definition) is 1. The number of para-hydroxylation sites is 1. The van der Waals surface area contributed by atoms with Gasteiger partial charge in [-0.05, 0) is 30.3 Å². The van der Waals surface area contributed by atoms with Crippen molar-refractivity contribution in [1.29, 1.82) is 0 Å². The fraction of sp³-hybridized carbons (Fsp3) is 0. The van der Waals surface area contributed by atoms with Gasteiger partial charge in [-0.15, -0.1) is 0 Å². The van der Waals surface area contributed by atoms with E-state index >= 15 is 0 Å². The average Bonchev–Trinajstić information content (AvgIpc) is 2.98. The Morgan fingerprint density at radius 3 is 2.63 bits per heavy atom. The van der Waals surface area contributed by atoms with E-state index in [1.165, 1.54) is 11.8 Å². The van der Waals surface area contributed by atoms with Crippen molar-refractivity contribution in [2.45, 2.75) is 0 Å². The summed E-state index contributed by atoms with van der Waals surface area (Å²) in [6, 6.07) is 13.9. The topological polar surface area (TPSA) is 34.0 Å². The molecule has 19 heavy (non-hydrogen) atoms. The van der Waals surface area contributed by atoms with Crippen molar-refractivity contribution in [3.8, 4) is 5.69 Å². The van der Waals surface area contributed by atoms with Crippen LogP contribution >= 0.6 is 24.0 Å². The maximum Gasteiger partial charge on any atom is 0.263 e. The van der Waals surface area contributed by atoms with Gasteiger partial charge in [0.1, 0.15) is 4.32 Å². The van der Waals surface area contributed by atoms with Crippen LogP contribution in [0.15, 0.2) is 53.6 Å². The fourth-order valence-corrected chi connectivity index (χ4v) is 2.92. The summed E-state index contributed by atoms with van der Waals surface area (Å²) in [6.45, 7) is 0. The Bertz CT molecular complexity index is 674. The molecule has 1 N–H and O–H groups in total. The summed E-state index contributed by atoms with van der Waals surface area (Å²) in [6.07, 6.45) is 3.82. The monoisotopic (exact) mass is 286 g/mol. The second-order valence-electron chi connectivity index (χ2n) is 3.99. The zero-order valence-corrected chi connectivity index (χ0v) is 11.5. The number of carbonyl (C=O) groups excluding carboxylic acids is 1. The number of amides is 1. The van der Waals surface area contributed by atoms with Crippen molar-refractivity contribution in [2.24, 2.45) is 0 Å². The number of carbonyl (C=O) groups is 1. The number of nitrogens with zero attached hydrogens (tertiary/aromatic N) is 1. The van der Waals surface area contributed by atoms with Crippen LogP contribution in [-0.2, 0) is 4.79 Å². The Kier molecular flexibility index (Phi) is 3.23. The SMILES string of the molecule is O=C1NC(=S)SC1=Cc1cccn1-c1ccccc1. The molecule has 94 valence electrons. The highest BCUT2D eigenvalue weighted by atomic mass is 32.2. The van der Waals surface area contributed by atoms with Crippen LogP contribution in [0.5, 0.6) is 0 Å². The molecule has 5 heteroatoms. The number of aromatic nitrogens is 1. The van der Waals surface area contributed by atoms with Gasteiger partial charge in [0.15, 0.2) is 0 Å². The van der Waals surface area contributed by atoms with Crippen LogP contribution < -0.4 is 5.32 Å². The molecule has 1 fully saturated rings. The third kappa shape index (κ3) is 2.47. The Labute approximate surface area is 120 Å². The third-order valence-corrected chi connectivity index (χ3v) is 3.90. The minimum Gasteiger partial charge on any atom is -0.317 e. The molecular weight excluding hydrogens is 276 g/mol. The summed E-state index contributed by atoms with van der Waals surface area (Å²) in [5, 5.41) is 2.62. The number of rotatable bonds is 2. The average molecular weight is 286 g/mol. The molecule has 1 saturated heterocycles. The third-order valence-electron chi connectivity index (χ3n) is 2.74. The predicted octanol–water partition coefficient (Wildman–Crippen LogP) is 2.97. The minimum absolute atomic E-state index is 0.129. The van der Waals surface area contributed by atoms with Gasteiger partial charge in [0.25, 0.3) is 5.91 Å². The quantitative estimate of drug-likeness (QED) is 0.681. The number of nitrogens with one attached hydrogen (secondary N) is 1. The first-order chi connectivity index (χ1) is 9.24. The second kappa shape index (κ2) is 5.03. The molecule has 0 saturated carbocycles. The van der Waals surface area contributed by atoms with Gasteiger partial charge < -0.3 is 9.88 Å². The van der Waals surface area contributed by atoms with Crippen molar-refractivity contribution in [1.82, 2.24) is 9.88 Å². The van der Waals surface area contributed by atoms with E-state index in [2.05, 4.69) is 5.32 Å². The van der Waals surface area contributed by atoms with E-state index < -0.39 is 0 Å². The van der Waals surface area contributed by atoms with E-state index in [4.69, 9.17) is 12.2 Å². The number of thiocarbonyl (C=S) groups is 1. The Hall–Kier alpha value is -1.85. The molecule has 0 unspecified atom stereocenters. The lowest BCUT2D eigenvalue weighted by Crippen LogP contribution is -2.17. The first kappa shape index (κ1) is 12.2. The number of thioether (sulfide) groups is 1. The highest BCUT2D eigenvalue weighted by Gasteiger charge is 2.22. The smallest absolute Gasteiger partial charge is 0.263 e. The van der Waals surface area contributed by atoms with Gasteiger partial charge in [-0.2, -0.15) is 0 Å². The van der Waals surface area contributed by atoms with E-state index in [0.29, 0.717) is 9.23 Å². The molecule has 0 radical (unpaired) electrons. The summed E-state index contributed by atoms with van der Waals surface area (Å²) >= 11 is 6.27. The van der Waals surface area contributed by atoms with Crippen LogP contribution in [0.3, 0.4) is 0 Å². The lowest BCUT2D eigenvalue weighted by Gasteiger charge is -2.06. The molecule has 0 aliphatic carbocycles. The normalized spacial score (nSPS) is 16.9. The standard InChI is InChI=1S/C14H10N2OS2/c17-13-12(19-14(18)15-13)9-11-7-4-8-16(11)10-5-2-1-3-6-10/h1-9H,(H,15,17,18). The molecule has 1 aromatic heterocycles. The first-order valence-electron chi connectivity index (χ1n) is 5.72. The van der Waals surface area contributed by atoms with Crippen LogP contribution in [0.25, 0.3) is 11.8 Å². The van der Waals surface area contributed by atoms with Gasteiger partial charge in [-0.25, -0.2) is 0 Å². The van der Waals surface area contributed by atoms with E-state index in [1.54, 1.807) is 0 Å². The Morgan fingerprint density at radius 1 is 1.16 bits per heavy atom. The van der Waals surface area contributed by atoms with Crippen molar-refractivity contribution in [3.63, 3.8) is 0 Å². The Balaban J connectivity index is 2.00. The van der Waals surface area contributed by atoms with Crippen molar-refractivity contribution in [2.75, 3.05) is 0 Å². The minimum atomic E-state index is -0.129. The van der Waals surface area contributed by atoms with Crippen LogP contribution in [-0.4, -0.2) is 14.8 Å². The maximum atomic E-state index is 11.7. The predicted molar refractivity (Wildman–Crippen MR) is 82.1 cm³/mol. The summed E-state index contributed by atoms with van der Waals surface area (Å²) in [5.41, 5.74) is 2.01. The molecule has 1 aromatic carbocycles. The fourth-order valence-electron chi connectivity index (χ4n) is 1.89. The van der Waals surface area contributed by atoms with E-state index in [0.717, 1.165) is 11.4 Å². The van der Waals surface area contributed by atoms with Crippen LogP contribution in [0.4, 0.5) is 0 Å². The van der Waals surface area contributed by atoms with E-state index in [-0.39, 0.29) is 5.91 Å². The molecule has 1 aliphatic rings. The summed E-state index contributed by atoms with van der Waals surface area (Å²) < 4.78 is 2.54. The number of benzene rings is 1. The van der Waals surface area contributed by atoms with Crippen LogP contribution in [0.1, 0.15) is 5.69 Å². The molecule has 2 aromatic rings. The molecule has 1 aliphatic heterocycles. The van der Waals surface area contributed by atoms with Gasteiger partial charge in [-0.1, -0.05) is 42.2 Å². The first-order valence-corrected chi connectivity index (χ1v) is 6.94. The zero-order valence-electron chi connectivity index (χ0n) is 9.87. The van der Waals surface area contributed by atoms with Gasteiger partial charge in [0.2, 0.25) is 0 Å². The molecule has 0 spiro atoms. The Morgan fingerprint density at radius 2 is 1.95 bits per heavy atom. The molecule has 3 rings (SSSR count). The van der Waals surface area contributed by atoms with E-state index in [1.807, 2.05) is 59.3 Å². The zero-order chi connectivity index (χ0) is 13.2. The lowest BCUT2D eigenvalue weighted by molar-refractivity contribution is -0.115. The molecule has 0 atom stereocenters. The van der Waals surface area contributed by atoms with Crippen molar-refractivity contribution < 1.29 is 4.79 Å². The highest BCUT2D eigenvalue weighted by Crippen LogP contribution is 2.26. The summed E-state index contributed by atoms with van der Waals surface area (Å²) in [4.78, 5) is 12.3. The molecular formula is C14H10N2OS2. The van der Waals surface area contributed by atoms with Gasteiger partial charge in [0, 0.05) is 17.6 Å². The van der Waals surface area contributed by atoms with Gasteiger partial charge in [-0.3, -0.25) is 4.79 Å². The summed E-state index contributed by atoms with van der Waals surface area (Å²) in [5.74, 6) is -0.129. The van der Waals surface area contributed by atoms with Crippen molar-refractivity contribution in [3.05, 3.63) is 59.3 Å². The molecule has 1 amide bonds. The number of hydrogen-bond acceptors (Lipinski definition) is 3. The lowest BCUT2D eigenvalue weighted by atomic mass is 10.3. The second-order valence-corrected chi connectivity index (χ2v) is 5.71. The molecule has 3 nitrogen and oxygen atoms in total. The molecule has 0 bridgehead atoms.